The molecule has 0 saturated carbocycles. The number of halogens is 1. The Morgan fingerprint density at radius 3 is 2.71 bits per heavy atom. The van der Waals surface area contributed by atoms with Crippen LogP contribution in [0.15, 0.2) is 46.9 Å². The summed E-state index contributed by atoms with van der Waals surface area (Å²) in [4.78, 5) is 0. The third-order valence-corrected chi connectivity index (χ3v) is 5.00. The van der Waals surface area contributed by atoms with E-state index >= 15 is 0 Å². The van der Waals surface area contributed by atoms with Crippen molar-refractivity contribution in [1.29, 1.82) is 0 Å². The molecule has 0 bridgehead atoms. The van der Waals surface area contributed by atoms with Gasteiger partial charge in [0.05, 0.1) is 7.11 Å². The van der Waals surface area contributed by atoms with E-state index in [2.05, 4.69) is 43.7 Å². The smallest absolute Gasteiger partial charge is 0.243 e. The van der Waals surface area contributed by atoms with Crippen molar-refractivity contribution in [1.82, 2.24) is 20.2 Å². The van der Waals surface area contributed by atoms with E-state index in [0.29, 0.717) is 30.6 Å². The zero-order chi connectivity index (χ0) is 19.8. The molecule has 0 amide bonds. The van der Waals surface area contributed by atoms with E-state index in [-0.39, 0.29) is 0 Å². The number of anilines is 1. The van der Waals surface area contributed by atoms with E-state index in [9.17, 15) is 0 Å². The fourth-order valence-corrected chi connectivity index (χ4v) is 3.15. The molecular formula is C20H24BrN5O2. The Kier molecular flexibility index (Phi) is 7.25. The molecule has 3 aromatic rings. The van der Waals surface area contributed by atoms with Gasteiger partial charge in [-0.3, -0.25) is 0 Å². The number of nitrogens with zero attached hydrogens (tertiary/aromatic N) is 4. The first-order valence-electron chi connectivity index (χ1n) is 9.24. The number of aromatic nitrogens is 4. The zero-order valence-corrected chi connectivity index (χ0v) is 17.6. The average molecular weight is 446 g/mol. The van der Waals surface area contributed by atoms with Crippen LogP contribution in [-0.4, -0.2) is 27.3 Å². The number of nitrogens with one attached hydrogen (secondary N) is 1. The molecule has 3 rings (SSSR count). The van der Waals surface area contributed by atoms with Crippen LogP contribution in [0, 0.1) is 0 Å². The first-order chi connectivity index (χ1) is 13.7. The van der Waals surface area contributed by atoms with Crippen LogP contribution in [0.4, 0.5) is 5.95 Å². The van der Waals surface area contributed by atoms with Crippen molar-refractivity contribution < 1.29 is 9.47 Å². The number of unbranched alkanes of at least 4 members (excludes halogenated alkanes) is 1. The first kappa shape index (κ1) is 20.1. The maximum atomic E-state index is 5.95. The summed E-state index contributed by atoms with van der Waals surface area (Å²) in [6.07, 6.45) is 2.12. The summed E-state index contributed by atoms with van der Waals surface area (Å²) in [5.74, 6) is 2.03. The second kappa shape index (κ2) is 10.1. The van der Waals surface area contributed by atoms with Crippen LogP contribution >= 0.6 is 15.9 Å². The van der Waals surface area contributed by atoms with E-state index in [1.807, 2.05) is 42.5 Å². The summed E-state index contributed by atoms with van der Waals surface area (Å²) in [7, 11) is 1.64. The Morgan fingerprint density at radius 2 is 1.96 bits per heavy atom. The van der Waals surface area contributed by atoms with E-state index < -0.39 is 0 Å². The summed E-state index contributed by atoms with van der Waals surface area (Å²) < 4.78 is 14.2. The number of aryl methyl sites for hydroxylation is 1. The molecule has 148 valence electrons. The summed E-state index contributed by atoms with van der Waals surface area (Å²) in [5.41, 5.74) is 2.12. The molecular weight excluding hydrogens is 422 g/mol. The summed E-state index contributed by atoms with van der Waals surface area (Å²) in [6.45, 7) is 3.97. The van der Waals surface area contributed by atoms with Gasteiger partial charge < -0.3 is 14.8 Å². The molecule has 0 radical (unpaired) electrons. The van der Waals surface area contributed by atoms with Crippen molar-refractivity contribution in [2.45, 2.75) is 39.5 Å². The SMILES string of the molecule is CCCCn1nnnc1NCc1cc(OC)c(OCc2ccccc2)cc1Br. The Morgan fingerprint density at radius 1 is 1.14 bits per heavy atom. The third-order valence-electron chi connectivity index (χ3n) is 4.26. The Bertz CT molecular complexity index is 886. The molecule has 7 nitrogen and oxygen atoms in total. The quantitative estimate of drug-likeness (QED) is 0.497. The molecule has 1 heterocycles. The third kappa shape index (κ3) is 5.22. The van der Waals surface area contributed by atoms with Crippen LogP contribution < -0.4 is 14.8 Å². The van der Waals surface area contributed by atoms with Crippen LogP contribution in [0.3, 0.4) is 0 Å². The van der Waals surface area contributed by atoms with Crippen molar-refractivity contribution in [2.75, 3.05) is 12.4 Å². The highest BCUT2D eigenvalue weighted by atomic mass is 79.9. The van der Waals surface area contributed by atoms with Gasteiger partial charge >= 0.3 is 0 Å². The molecule has 1 N–H and O–H groups in total. The molecule has 0 unspecified atom stereocenters. The number of methoxy groups -OCH3 is 1. The monoisotopic (exact) mass is 445 g/mol. The van der Waals surface area contributed by atoms with Gasteiger partial charge in [-0.2, -0.15) is 0 Å². The summed E-state index contributed by atoms with van der Waals surface area (Å²) in [6, 6.07) is 13.9. The number of rotatable bonds is 10. The molecule has 0 fully saturated rings. The second-order valence-corrected chi connectivity index (χ2v) is 7.16. The Hall–Kier alpha value is -2.61. The van der Waals surface area contributed by atoms with Crippen molar-refractivity contribution in [3.63, 3.8) is 0 Å². The summed E-state index contributed by atoms with van der Waals surface area (Å²) >= 11 is 3.63. The van der Waals surface area contributed by atoms with Gasteiger partial charge in [-0.05, 0) is 40.1 Å². The fraction of sp³-hybridized carbons (Fsp3) is 0.350. The zero-order valence-electron chi connectivity index (χ0n) is 16.1. The highest BCUT2D eigenvalue weighted by molar-refractivity contribution is 9.10. The van der Waals surface area contributed by atoms with Gasteiger partial charge in [-0.25, -0.2) is 4.68 Å². The predicted molar refractivity (Wildman–Crippen MR) is 112 cm³/mol. The number of hydrogen-bond donors (Lipinski definition) is 1. The molecule has 0 atom stereocenters. The normalized spacial score (nSPS) is 10.7. The van der Waals surface area contributed by atoms with Gasteiger partial charge in [-0.15, -0.1) is 0 Å². The van der Waals surface area contributed by atoms with Crippen molar-refractivity contribution in [3.8, 4) is 11.5 Å². The lowest BCUT2D eigenvalue weighted by Gasteiger charge is -2.15. The van der Waals surface area contributed by atoms with Gasteiger partial charge in [0.1, 0.15) is 6.61 Å². The van der Waals surface area contributed by atoms with Crippen molar-refractivity contribution in [2.24, 2.45) is 0 Å². The maximum absolute atomic E-state index is 5.95. The molecule has 0 spiro atoms. The molecule has 0 saturated heterocycles. The topological polar surface area (TPSA) is 74.1 Å². The molecule has 0 aliphatic carbocycles. The number of benzene rings is 2. The molecule has 28 heavy (non-hydrogen) atoms. The highest BCUT2D eigenvalue weighted by Gasteiger charge is 2.12. The second-order valence-electron chi connectivity index (χ2n) is 6.30. The van der Waals surface area contributed by atoms with Crippen LogP contribution in [0.25, 0.3) is 0 Å². The van der Waals surface area contributed by atoms with E-state index in [0.717, 1.165) is 35.0 Å². The lowest BCUT2D eigenvalue weighted by atomic mass is 10.2. The lowest BCUT2D eigenvalue weighted by Crippen LogP contribution is -2.09. The van der Waals surface area contributed by atoms with Crippen molar-refractivity contribution >= 4 is 21.9 Å². The predicted octanol–water partition coefficient (Wildman–Crippen LogP) is 4.44. The highest BCUT2D eigenvalue weighted by Crippen LogP contribution is 2.34. The van der Waals surface area contributed by atoms with Crippen LogP contribution in [0.1, 0.15) is 30.9 Å². The molecule has 2 aromatic carbocycles. The minimum Gasteiger partial charge on any atom is -0.493 e. The maximum Gasteiger partial charge on any atom is 0.243 e. The van der Waals surface area contributed by atoms with Gasteiger partial charge in [0.2, 0.25) is 5.95 Å². The lowest BCUT2D eigenvalue weighted by molar-refractivity contribution is 0.284. The minimum absolute atomic E-state index is 0.480. The average Bonchev–Trinajstić information content (AvgIpc) is 3.18. The van der Waals surface area contributed by atoms with Gasteiger partial charge in [-0.1, -0.05) is 64.7 Å². The fourth-order valence-electron chi connectivity index (χ4n) is 2.68. The van der Waals surface area contributed by atoms with E-state index in [1.165, 1.54) is 0 Å². The number of hydrogen-bond acceptors (Lipinski definition) is 6. The molecule has 8 heteroatoms. The van der Waals surface area contributed by atoms with E-state index in [1.54, 1.807) is 11.8 Å². The molecule has 0 aliphatic heterocycles. The number of tetrazole rings is 1. The van der Waals surface area contributed by atoms with Gasteiger partial charge in [0.15, 0.2) is 11.5 Å². The van der Waals surface area contributed by atoms with Crippen LogP contribution in [0.5, 0.6) is 11.5 Å². The molecule has 0 aliphatic rings. The van der Waals surface area contributed by atoms with Gasteiger partial charge in [0.25, 0.3) is 0 Å². The number of ether oxygens (including phenoxy) is 2. The van der Waals surface area contributed by atoms with Gasteiger partial charge in [0, 0.05) is 17.6 Å². The largest absolute Gasteiger partial charge is 0.493 e. The Balaban J connectivity index is 1.68. The van der Waals surface area contributed by atoms with Crippen LogP contribution in [0.2, 0.25) is 0 Å². The first-order valence-corrected chi connectivity index (χ1v) is 10.0. The minimum atomic E-state index is 0.480. The molecule has 1 aromatic heterocycles. The van der Waals surface area contributed by atoms with E-state index in [4.69, 9.17) is 9.47 Å². The van der Waals surface area contributed by atoms with Crippen LogP contribution in [-0.2, 0) is 19.7 Å². The Labute approximate surface area is 173 Å². The van der Waals surface area contributed by atoms with Crippen molar-refractivity contribution in [3.05, 3.63) is 58.1 Å². The summed E-state index contributed by atoms with van der Waals surface area (Å²) in [5, 5.41) is 15.1. The standard InChI is InChI=1S/C20H24BrN5O2/c1-3-4-10-26-20(23-24-25-26)22-13-16-11-18(27-2)19(12-17(16)21)28-14-15-8-6-5-7-9-15/h5-9,11-12H,3-4,10,13-14H2,1-2H3,(H,22,23,25).